The lowest BCUT2D eigenvalue weighted by Crippen LogP contribution is -2.07. The highest BCUT2D eigenvalue weighted by Crippen LogP contribution is 2.35. The van der Waals surface area contributed by atoms with E-state index in [1.54, 1.807) is 12.4 Å². The van der Waals surface area contributed by atoms with E-state index in [4.69, 9.17) is 10.5 Å². The number of nitrogens with two attached hydrogens (primary N) is 1. The number of hydrogen-bond donors (Lipinski definition) is 1. The van der Waals surface area contributed by atoms with Gasteiger partial charge in [-0.15, -0.1) is 0 Å². The Morgan fingerprint density at radius 1 is 1.39 bits per heavy atom. The van der Waals surface area contributed by atoms with Crippen LogP contribution in [0.5, 0.6) is 5.75 Å². The molecule has 92 valence electrons. The van der Waals surface area contributed by atoms with Gasteiger partial charge >= 0.3 is 0 Å². The van der Waals surface area contributed by atoms with Crippen molar-refractivity contribution in [3.8, 4) is 5.75 Å². The van der Waals surface area contributed by atoms with Crippen LogP contribution in [0.2, 0.25) is 0 Å². The van der Waals surface area contributed by atoms with Gasteiger partial charge in [0.2, 0.25) is 0 Å². The molecule has 1 aliphatic carbocycles. The van der Waals surface area contributed by atoms with Crippen LogP contribution < -0.4 is 10.5 Å². The molecule has 0 fully saturated rings. The maximum atomic E-state index is 5.93. The summed E-state index contributed by atoms with van der Waals surface area (Å²) in [6.07, 6.45) is 5.35. The fourth-order valence-corrected chi connectivity index (χ4v) is 2.48. The second-order valence-corrected chi connectivity index (χ2v) is 5.15. The zero-order chi connectivity index (χ0) is 12.5. The van der Waals surface area contributed by atoms with Crippen molar-refractivity contribution in [3.05, 3.63) is 46.3 Å². The molecule has 18 heavy (non-hydrogen) atoms. The highest BCUT2D eigenvalue weighted by molar-refractivity contribution is 9.10. The molecule has 3 rings (SSSR count). The molecule has 0 bridgehead atoms. The Labute approximate surface area is 113 Å². The van der Waals surface area contributed by atoms with Crippen molar-refractivity contribution in [2.24, 2.45) is 0 Å². The summed E-state index contributed by atoms with van der Waals surface area (Å²) in [5.41, 5.74) is 8.07. The number of rotatable bonds is 2. The number of hydrogen-bond acceptors (Lipinski definition) is 4. The molecule has 2 N–H and O–H groups in total. The van der Waals surface area contributed by atoms with Gasteiger partial charge < -0.3 is 10.5 Å². The highest BCUT2D eigenvalue weighted by atomic mass is 79.9. The van der Waals surface area contributed by atoms with Gasteiger partial charge in [0.15, 0.2) is 11.6 Å². The van der Waals surface area contributed by atoms with Crippen molar-refractivity contribution in [2.45, 2.75) is 18.9 Å². The molecule has 2 aromatic heterocycles. The number of nitrogens with zero attached hydrogens (tertiary/aromatic N) is 2. The van der Waals surface area contributed by atoms with Crippen LogP contribution in [0.1, 0.15) is 23.8 Å². The largest absolute Gasteiger partial charge is 0.480 e. The Balaban J connectivity index is 1.88. The van der Waals surface area contributed by atoms with Crippen LogP contribution in [-0.4, -0.2) is 9.97 Å². The van der Waals surface area contributed by atoms with Crippen molar-refractivity contribution in [1.29, 1.82) is 0 Å². The Morgan fingerprint density at radius 2 is 2.28 bits per heavy atom. The number of anilines is 1. The molecule has 1 atom stereocenters. The number of halogens is 1. The van der Waals surface area contributed by atoms with E-state index in [9.17, 15) is 0 Å². The quantitative estimate of drug-likeness (QED) is 0.927. The molecule has 0 saturated carbocycles. The summed E-state index contributed by atoms with van der Waals surface area (Å²) in [4.78, 5) is 8.45. The minimum absolute atomic E-state index is 0.0281. The third kappa shape index (κ3) is 2.06. The van der Waals surface area contributed by atoms with Gasteiger partial charge in [0.1, 0.15) is 6.10 Å². The summed E-state index contributed by atoms with van der Waals surface area (Å²) in [5.74, 6) is 1.01. The van der Waals surface area contributed by atoms with E-state index >= 15 is 0 Å². The van der Waals surface area contributed by atoms with Crippen molar-refractivity contribution >= 4 is 21.7 Å². The standard InChI is InChI=1S/C13H12BrN3O/c14-9-6-11(13(15)17-7-9)18-10-4-3-8-2-1-5-16-12(8)10/h1-2,5-7,10H,3-4H2,(H2,15,17). The van der Waals surface area contributed by atoms with Crippen molar-refractivity contribution in [1.82, 2.24) is 9.97 Å². The van der Waals surface area contributed by atoms with E-state index in [2.05, 4.69) is 32.0 Å². The lowest BCUT2D eigenvalue weighted by atomic mass is 10.2. The number of nitrogen functional groups attached to an aromatic ring is 1. The second-order valence-electron chi connectivity index (χ2n) is 4.23. The molecular formula is C13H12BrN3O. The molecular weight excluding hydrogens is 294 g/mol. The van der Waals surface area contributed by atoms with Gasteiger partial charge in [0.05, 0.1) is 5.69 Å². The van der Waals surface area contributed by atoms with Gasteiger partial charge in [-0.2, -0.15) is 0 Å². The van der Waals surface area contributed by atoms with Crippen LogP contribution in [0.15, 0.2) is 35.1 Å². The average Bonchev–Trinajstić information content (AvgIpc) is 2.78. The predicted octanol–water partition coefficient (Wildman–Crippen LogP) is 2.89. The van der Waals surface area contributed by atoms with Crippen LogP contribution in [0.3, 0.4) is 0 Å². The summed E-state index contributed by atoms with van der Waals surface area (Å²) in [6, 6.07) is 5.88. The lowest BCUT2D eigenvalue weighted by Gasteiger charge is -2.15. The summed E-state index contributed by atoms with van der Waals surface area (Å²) >= 11 is 3.36. The Hall–Kier alpha value is -1.62. The molecule has 1 unspecified atom stereocenters. The first-order valence-corrected chi connectivity index (χ1v) is 6.55. The smallest absolute Gasteiger partial charge is 0.166 e. The Morgan fingerprint density at radius 3 is 3.17 bits per heavy atom. The maximum absolute atomic E-state index is 5.93. The first kappa shape index (κ1) is 11.5. The molecule has 2 heterocycles. The van der Waals surface area contributed by atoms with E-state index in [0.29, 0.717) is 11.6 Å². The van der Waals surface area contributed by atoms with Crippen LogP contribution in [0.25, 0.3) is 0 Å². The van der Waals surface area contributed by atoms with E-state index in [-0.39, 0.29) is 6.10 Å². The third-order valence-electron chi connectivity index (χ3n) is 3.02. The van der Waals surface area contributed by atoms with E-state index in [1.807, 2.05) is 12.1 Å². The summed E-state index contributed by atoms with van der Waals surface area (Å²) in [6.45, 7) is 0. The Kier molecular flexibility index (Phi) is 2.91. The number of aromatic nitrogens is 2. The van der Waals surface area contributed by atoms with E-state index < -0.39 is 0 Å². The zero-order valence-corrected chi connectivity index (χ0v) is 11.2. The van der Waals surface area contributed by atoms with Crippen LogP contribution in [0, 0.1) is 0 Å². The van der Waals surface area contributed by atoms with E-state index in [1.165, 1.54) is 5.56 Å². The Bertz CT molecular complexity index is 588. The topological polar surface area (TPSA) is 61.0 Å². The molecule has 0 aromatic carbocycles. The van der Waals surface area contributed by atoms with Gasteiger partial charge in [-0.05, 0) is 46.5 Å². The van der Waals surface area contributed by atoms with Crippen molar-refractivity contribution in [2.75, 3.05) is 5.73 Å². The molecule has 0 saturated heterocycles. The predicted molar refractivity (Wildman–Crippen MR) is 72.3 cm³/mol. The van der Waals surface area contributed by atoms with Gasteiger partial charge in [-0.1, -0.05) is 6.07 Å². The second kappa shape index (κ2) is 4.57. The number of fused-ring (bicyclic) bond motifs is 1. The molecule has 0 aliphatic heterocycles. The summed E-state index contributed by atoms with van der Waals surface area (Å²) in [7, 11) is 0. The minimum atomic E-state index is -0.0281. The van der Waals surface area contributed by atoms with Crippen LogP contribution in [0.4, 0.5) is 5.82 Å². The third-order valence-corrected chi connectivity index (χ3v) is 3.46. The zero-order valence-electron chi connectivity index (χ0n) is 9.64. The van der Waals surface area contributed by atoms with Crippen molar-refractivity contribution < 1.29 is 4.74 Å². The fourth-order valence-electron chi connectivity index (χ4n) is 2.17. The van der Waals surface area contributed by atoms with Crippen molar-refractivity contribution in [3.63, 3.8) is 0 Å². The maximum Gasteiger partial charge on any atom is 0.166 e. The number of aryl methyl sites for hydroxylation is 1. The SMILES string of the molecule is Nc1ncc(Br)cc1OC1CCc2cccnc21. The monoisotopic (exact) mass is 305 g/mol. The van der Waals surface area contributed by atoms with Gasteiger partial charge in [0, 0.05) is 16.9 Å². The molecule has 4 nitrogen and oxygen atoms in total. The van der Waals surface area contributed by atoms with Crippen LogP contribution >= 0.6 is 15.9 Å². The van der Waals surface area contributed by atoms with E-state index in [0.717, 1.165) is 23.0 Å². The normalized spacial score (nSPS) is 17.5. The average molecular weight is 306 g/mol. The summed E-state index contributed by atoms with van der Waals surface area (Å²) < 4.78 is 6.79. The fraction of sp³-hybridized carbons (Fsp3) is 0.231. The van der Waals surface area contributed by atoms with Gasteiger partial charge in [-0.3, -0.25) is 4.98 Å². The summed E-state index contributed by atoms with van der Waals surface area (Å²) in [5, 5.41) is 0. The van der Waals surface area contributed by atoms with Gasteiger partial charge in [0.25, 0.3) is 0 Å². The molecule has 5 heteroatoms. The molecule has 0 spiro atoms. The van der Waals surface area contributed by atoms with Crippen LogP contribution in [-0.2, 0) is 6.42 Å². The highest BCUT2D eigenvalue weighted by Gasteiger charge is 2.25. The number of ether oxygens (including phenoxy) is 1. The molecule has 1 aliphatic rings. The van der Waals surface area contributed by atoms with Gasteiger partial charge in [-0.25, -0.2) is 4.98 Å². The first-order chi connectivity index (χ1) is 8.74. The first-order valence-electron chi connectivity index (χ1n) is 5.75. The lowest BCUT2D eigenvalue weighted by molar-refractivity contribution is 0.204. The number of pyridine rings is 2. The molecule has 2 aromatic rings. The minimum Gasteiger partial charge on any atom is -0.480 e. The molecule has 0 amide bonds. The molecule has 0 radical (unpaired) electrons.